The predicted molar refractivity (Wildman–Crippen MR) is 132 cm³/mol. The minimum Gasteiger partial charge on any atom is -0.496 e. The largest absolute Gasteiger partial charge is 0.496 e. The number of hydrogen-bond acceptors (Lipinski definition) is 6. The maximum absolute atomic E-state index is 9.86. The molecule has 0 amide bonds. The van der Waals surface area contributed by atoms with Crippen molar-refractivity contribution in [2.45, 2.75) is 32.7 Å². The van der Waals surface area contributed by atoms with Crippen molar-refractivity contribution in [2.24, 2.45) is 0 Å². The van der Waals surface area contributed by atoms with E-state index in [-0.39, 0.29) is 12.6 Å². The molecule has 0 aliphatic carbocycles. The second kappa shape index (κ2) is 8.75. The van der Waals surface area contributed by atoms with Crippen LogP contribution < -0.4 is 15.0 Å². The van der Waals surface area contributed by atoms with E-state index < -0.39 is 0 Å². The Balaban J connectivity index is 1.48. The Bertz CT molecular complexity index is 1300. The van der Waals surface area contributed by atoms with Crippen LogP contribution in [-0.4, -0.2) is 45.9 Å². The van der Waals surface area contributed by atoms with Crippen molar-refractivity contribution < 1.29 is 9.84 Å². The van der Waals surface area contributed by atoms with Gasteiger partial charge in [-0.15, -0.1) is 0 Å². The second-order valence-electron chi connectivity index (χ2n) is 8.60. The molecule has 2 aromatic carbocycles. The van der Waals surface area contributed by atoms with E-state index in [0.29, 0.717) is 5.82 Å². The lowest BCUT2D eigenvalue weighted by atomic mass is 10.1. The summed E-state index contributed by atoms with van der Waals surface area (Å²) in [5.74, 6) is 2.30. The van der Waals surface area contributed by atoms with Gasteiger partial charge in [0.15, 0.2) is 0 Å². The standard InChI is InChI=1S/C26H29N5O2/c1-17-11-20(12-24(33-3)18(17)2)30-14-26(27-16-30)29-25-13-23(31-10-6-7-19(31)15-32)21-8-4-5-9-22(21)28-25/h4-5,8-9,11-14,16,19,32H,6-7,10,15H2,1-3H3,(H,28,29)/t19-/m0/s1. The lowest BCUT2D eigenvalue weighted by molar-refractivity contribution is 0.266. The lowest BCUT2D eigenvalue weighted by Crippen LogP contribution is -2.32. The summed E-state index contributed by atoms with van der Waals surface area (Å²) in [5.41, 5.74) is 5.30. The van der Waals surface area contributed by atoms with Crippen LogP contribution in [0.1, 0.15) is 24.0 Å². The van der Waals surface area contributed by atoms with Gasteiger partial charge in [0.25, 0.3) is 0 Å². The molecule has 170 valence electrons. The average molecular weight is 444 g/mol. The monoisotopic (exact) mass is 443 g/mol. The number of nitrogens with zero attached hydrogens (tertiary/aromatic N) is 4. The molecule has 1 atom stereocenters. The van der Waals surface area contributed by atoms with E-state index in [2.05, 4.69) is 47.2 Å². The van der Waals surface area contributed by atoms with Crippen molar-refractivity contribution >= 4 is 28.2 Å². The van der Waals surface area contributed by atoms with Crippen molar-refractivity contribution in [3.05, 3.63) is 66.1 Å². The Kier molecular flexibility index (Phi) is 5.64. The molecule has 0 saturated carbocycles. The quantitative estimate of drug-likeness (QED) is 0.448. The summed E-state index contributed by atoms with van der Waals surface area (Å²) in [4.78, 5) is 11.7. The second-order valence-corrected chi connectivity index (χ2v) is 8.60. The van der Waals surface area contributed by atoms with Gasteiger partial charge in [-0.3, -0.25) is 0 Å². The van der Waals surface area contributed by atoms with Crippen LogP contribution in [0.3, 0.4) is 0 Å². The lowest BCUT2D eigenvalue weighted by Gasteiger charge is -2.27. The van der Waals surface area contributed by atoms with Crippen molar-refractivity contribution in [1.29, 1.82) is 0 Å². The summed E-state index contributed by atoms with van der Waals surface area (Å²) >= 11 is 0. The van der Waals surface area contributed by atoms with Crippen LogP contribution in [0, 0.1) is 13.8 Å². The number of benzene rings is 2. The van der Waals surface area contributed by atoms with Crippen molar-refractivity contribution in [3.8, 4) is 11.4 Å². The van der Waals surface area contributed by atoms with Gasteiger partial charge < -0.3 is 24.6 Å². The Hall–Kier alpha value is -3.58. The summed E-state index contributed by atoms with van der Waals surface area (Å²) in [6.45, 7) is 5.23. The number of aromatic nitrogens is 3. The molecule has 0 unspecified atom stereocenters. The molecule has 1 aliphatic heterocycles. The summed E-state index contributed by atoms with van der Waals surface area (Å²) in [6.07, 6.45) is 5.82. The molecule has 4 aromatic rings. The molecule has 3 heterocycles. The number of fused-ring (bicyclic) bond motifs is 1. The van der Waals surface area contributed by atoms with Gasteiger partial charge in [0.1, 0.15) is 23.7 Å². The van der Waals surface area contributed by atoms with Gasteiger partial charge in [-0.05, 0) is 49.9 Å². The summed E-state index contributed by atoms with van der Waals surface area (Å²) in [5, 5.41) is 14.3. The molecule has 1 aliphatic rings. The van der Waals surface area contributed by atoms with E-state index in [9.17, 15) is 5.11 Å². The van der Waals surface area contributed by atoms with Crippen molar-refractivity contribution in [3.63, 3.8) is 0 Å². The number of nitrogens with one attached hydrogen (secondary N) is 1. The van der Waals surface area contributed by atoms with Gasteiger partial charge in [0.05, 0.1) is 42.8 Å². The van der Waals surface area contributed by atoms with Gasteiger partial charge >= 0.3 is 0 Å². The van der Waals surface area contributed by atoms with E-state index in [4.69, 9.17) is 9.72 Å². The highest BCUT2D eigenvalue weighted by Gasteiger charge is 2.26. The Morgan fingerprint density at radius 1 is 1.15 bits per heavy atom. The third-order valence-corrected chi connectivity index (χ3v) is 6.55. The zero-order chi connectivity index (χ0) is 22.9. The zero-order valence-electron chi connectivity index (χ0n) is 19.2. The van der Waals surface area contributed by atoms with Crippen molar-refractivity contribution in [2.75, 3.05) is 30.5 Å². The molecule has 1 saturated heterocycles. The molecule has 1 fully saturated rings. The highest BCUT2D eigenvalue weighted by molar-refractivity contribution is 5.94. The number of para-hydroxylation sites is 1. The minimum atomic E-state index is 0.141. The number of methoxy groups -OCH3 is 1. The number of aryl methyl sites for hydroxylation is 1. The molecule has 7 heteroatoms. The van der Waals surface area contributed by atoms with Gasteiger partial charge in [0.2, 0.25) is 0 Å². The first-order valence-corrected chi connectivity index (χ1v) is 11.3. The third-order valence-electron chi connectivity index (χ3n) is 6.55. The number of rotatable bonds is 6. The fraction of sp³-hybridized carbons (Fsp3) is 0.308. The van der Waals surface area contributed by atoms with E-state index in [1.54, 1.807) is 13.4 Å². The van der Waals surface area contributed by atoms with E-state index in [1.165, 1.54) is 0 Å². The average Bonchev–Trinajstić information content (AvgIpc) is 3.50. The minimum absolute atomic E-state index is 0.141. The number of hydrogen-bond donors (Lipinski definition) is 2. The smallest absolute Gasteiger partial charge is 0.150 e. The fourth-order valence-corrected chi connectivity index (χ4v) is 4.63. The van der Waals surface area contributed by atoms with E-state index >= 15 is 0 Å². The molecular weight excluding hydrogens is 414 g/mol. The number of aliphatic hydroxyl groups is 1. The first-order chi connectivity index (χ1) is 16.1. The normalized spacial score (nSPS) is 15.9. The SMILES string of the molecule is COc1cc(-n2cnc(Nc3cc(N4CCC[C@H]4CO)c4ccccc4n3)c2)cc(C)c1C. The molecule has 33 heavy (non-hydrogen) atoms. The molecule has 2 N–H and O–H groups in total. The fourth-order valence-electron chi connectivity index (χ4n) is 4.63. The van der Waals surface area contributed by atoms with Crippen LogP contribution >= 0.6 is 0 Å². The number of ether oxygens (including phenoxy) is 1. The first kappa shape index (κ1) is 21.3. The molecule has 0 radical (unpaired) electrons. The van der Waals surface area contributed by atoms with Crippen LogP contribution in [0.25, 0.3) is 16.6 Å². The zero-order valence-corrected chi connectivity index (χ0v) is 19.2. The van der Waals surface area contributed by atoms with Crippen LogP contribution in [-0.2, 0) is 0 Å². The Morgan fingerprint density at radius 3 is 2.82 bits per heavy atom. The number of pyridine rings is 1. The van der Waals surface area contributed by atoms with Crippen LogP contribution in [0.15, 0.2) is 55.0 Å². The molecule has 0 spiro atoms. The van der Waals surface area contributed by atoms with Crippen LogP contribution in [0.4, 0.5) is 17.3 Å². The predicted octanol–water partition coefficient (Wildman–Crippen LogP) is 4.75. The number of anilines is 3. The van der Waals surface area contributed by atoms with Crippen LogP contribution in [0.2, 0.25) is 0 Å². The van der Waals surface area contributed by atoms with Gasteiger partial charge in [0, 0.05) is 24.1 Å². The summed E-state index contributed by atoms with van der Waals surface area (Å²) < 4.78 is 7.50. The summed E-state index contributed by atoms with van der Waals surface area (Å²) in [7, 11) is 1.69. The molecular formula is C26H29N5O2. The third kappa shape index (κ3) is 4.00. The van der Waals surface area contributed by atoms with Gasteiger partial charge in [-0.2, -0.15) is 0 Å². The van der Waals surface area contributed by atoms with Crippen molar-refractivity contribution in [1.82, 2.24) is 14.5 Å². The number of imidazole rings is 1. The van der Waals surface area contributed by atoms with Crippen LogP contribution in [0.5, 0.6) is 5.75 Å². The Morgan fingerprint density at radius 2 is 2.00 bits per heavy atom. The Labute approximate surface area is 193 Å². The molecule has 7 nitrogen and oxygen atoms in total. The molecule has 0 bridgehead atoms. The topological polar surface area (TPSA) is 75.4 Å². The van der Waals surface area contributed by atoms with E-state index in [1.807, 2.05) is 35.0 Å². The highest BCUT2D eigenvalue weighted by Crippen LogP contribution is 2.34. The maximum atomic E-state index is 9.86. The summed E-state index contributed by atoms with van der Waals surface area (Å²) in [6, 6.07) is 14.5. The first-order valence-electron chi connectivity index (χ1n) is 11.3. The van der Waals surface area contributed by atoms with Gasteiger partial charge in [-0.1, -0.05) is 18.2 Å². The van der Waals surface area contributed by atoms with Gasteiger partial charge in [-0.25, -0.2) is 9.97 Å². The highest BCUT2D eigenvalue weighted by atomic mass is 16.5. The maximum Gasteiger partial charge on any atom is 0.150 e. The molecule has 5 rings (SSSR count). The van der Waals surface area contributed by atoms with E-state index in [0.717, 1.165) is 64.4 Å². The molecule has 2 aromatic heterocycles. The number of aliphatic hydroxyl groups excluding tert-OH is 1.